The second kappa shape index (κ2) is 3.31. The van der Waals surface area contributed by atoms with Gasteiger partial charge in [-0.15, -0.1) is 11.3 Å². The van der Waals surface area contributed by atoms with E-state index in [9.17, 15) is 0 Å². The number of nitrogens with zero attached hydrogens (tertiary/aromatic N) is 3. The lowest BCUT2D eigenvalue weighted by Crippen LogP contribution is -1.94. The van der Waals surface area contributed by atoms with Gasteiger partial charge in [-0.2, -0.15) is 0 Å². The van der Waals surface area contributed by atoms with Gasteiger partial charge in [-0.25, -0.2) is 4.98 Å². The van der Waals surface area contributed by atoms with Gasteiger partial charge in [-0.1, -0.05) is 0 Å². The van der Waals surface area contributed by atoms with E-state index in [4.69, 9.17) is 5.73 Å². The summed E-state index contributed by atoms with van der Waals surface area (Å²) in [5.74, 6) is 0.694. The van der Waals surface area contributed by atoms with Gasteiger partial charge < -0.3 is 5.73 Å². The number of hydrogen-bond donors (Lipinski definition) is 1. The van der Waals surface area contributed by atoms with Crippen molar-refractivity contribution in [3.8, 4) is 11.3 Å². The third kappa shape index (κ3) is 1.22. The minimum absolute atomic E-state index is 0.694. The topological polar surface area (TPSA) is 56.2 Å². The SMILES string of the molecule is Cc1csc2nc(-c3ccncc3)c(N)n12. The second-order valence-corrected chi connectivity index (χ2v) is 4.41. The van der Waals surface area contributed by atoms with Gasteiger partial charge in [-0.3, -0.25) is 9.38 Å². The van der Waals surface area contributed by atoms with Crippen LogP contribution in [0.25, 0.3) is 16.2 Å². The van der Waals surface area contributed by atoms with Crippen LogP contribution in [0.4, 0.5) is 5.82 Å². The van der Waals surface area contributed by atoms with Gasteiger partial charge in [-0.05, 0) is 19.1 Å². The fraction of sp³-hybridized carbons (Fsp3) is 0.0909. The van der Waals surface area contributed by atoms with Crippen LogP contribution in [-0.2, 0) is 0 Å². The Morgan fingerprint density at radius 2 is 2.06 bits per heavy atom. The van der Waals surface area contributed by atoms with Crippen LogP contribution >= 0.6 is 11.3 Å². The monoisotopic (exact) mass is 230 g/mol. The molecule has 5 heteroatoms. The molecule has 3 heterocycles. The molecule has 0 unspecified atom stereocenters. The van der Waals surface area contributed by atoms with E-state index in [1.165, 1.54) is 0 Å². The number of aromatic nitrogens is 3. The number of rotatable bonds is 1. The third-order valence-corrected chi connectivity index (χ3v) is 3.47. The second-order valence-electron chi connectivity index (χ2n) is 3.58. The van der Waals surface area contributed by atoms with E-state index in [0.29, 0.717) is 5.82 Å². The summed E-state index contributed by atoms with van der Waals surface area (Å²) in [6.45, 7) is 2.03. The molecule has 0 saturated carbocycles. The Labute approximate surface area is 96.4 Å². The average Bonchev–Trinajstić information content (AvgIpc) is 2.83. The van der Waals surface area contributed by atoms with Crippen molar-refractivity contribution in [1.82, 2.24) is 14.4 Å². The van der Waals surface area contributed by atoms with Crippen molar-refractivity contribution >= 4 is 22.1 Å². The summed E-state index contributed by atoms with van der Waals surface area (Å²) >= 11 is 1.60. The average molecular weight is 230 g/mol. The fourth-order valence-corrected chi connectivity index (χ4v) is 2.62. The summed E-state index contributed by atoms with van der Waals surface area (Å²) in [5.41, 5.74) is 9.05. The molecule has 2 N–H and O–H groups in total. The first-order valence-electron chi connectivity index (χ1n) is 4.90. The summed E-state index contributed by atoms with van der Waals surface area (Å²) in [4.78, 5) is 9.45. The summed E-state index contributed by atoms with van der Waals surface area (Å²) in [6, 6.07) is 3.83. The maximum absolute atomic E-state index is 6.10. The van der Waals surface area contributed by atoms with Crippen LogP contribution in [0.1, 0.15) is 5.69 Å². The van der Waals surface area contributed by atoms with Crippen LogP contribution in [0, 0.1) is 6.92 Å². The Kier molecular flexibility index (Phi) is 1.94. The van der Waals surface area contributed by atoms with Gasteiger partial charge in [0.25, 0.3) is 0 Å². The van der Waals surface area contributed by atoms with Crippen molar-refractivity contribution in [2.75, 3.05) is 5.73 Å². The van der Waals surface area contributed by atoms with Crippen LogP contribution in [0.2, 0.25) is 0 Å². The molecular formula is C11H10N4S. The van der Waals surface area contributed by atoms with E-state index in [1.807, 2.05) is 23.5 Å². The maximum Gasteiger partial charge on any atom is 0.196 e. The van der Waals surface area contributed by atoms with E-state index in [1.54, 1.807) is 23.7 Å². The van der Waals surface area contributed by atoms with Gasteiger partial charge in [0.2, 0.25) is 0 Å². The molecule has 0 aliphatic rings. The molecule has 0 bridgehead atoms. The predicted octanol–water partition coefficient (Wildman–Crippen LogP) is 2.35. The number of thiazole rings is 1. The van der Waals surface area contributed by atoms with Crippen molar-refractivity contribution < 1.29 is 0 Å². The van der Waals surface area contributed by atoms with E-state index < -0.39 is 0 Å². The zero-order valence-electron chi connectivity index (χ0n) is 8.71. The molecule has 0 aromatic carbocycles. The Balaban J connectivity index is 2.29. The number of pyridine rings is 1. The zero-order chi connectivity index (χ0) is 11.1. The number of imidazole rings is 1. The van der Waals surface area contributed by atoms with Crippen LogP contribution in [-0.4, -0.2) is 14.4 Å². The Morgan fingerprint density at radius 3 is 2.75 bits per heavy atom. The first-order valence-corrected chi connectivity index (χ1v) is 5.78. The predicted molar refractivity (Wildman–Crippen MR) is 65.4 cm³/mol. The molecule has 0 fully saturated rings. The highest BCUT2D eigenvalue weighted by molar-refractivity contribution is 7.15. The smallest absolute Gasteiger partial charge is 0.196 e. The van der Waals surface area contributed by atoms with Gasteiger partial charge in [0, 0.05) is 29.0 Å². The minimum Gasteiger partial charge on any atom is -0.383 e. The van der Waals surface area contributed by atoms with Crippen molar-refractivity contribution in [2.45, 2.75) is 6.92 Å². The molecule has 3 aromatic rings. The molecule has 0 aliphatic carbocycles. The first kappa shape index (κ1) is 9.35. The molecule has 0 atom stereocenters. The van der Waals surface area contributed by atoms with Crippen molar-refractivity contribution in [3.63, 3.8) is 0 Å². The Hall–Kier alpha value is -1.88. The van der Waals surface area contributed by atoms with Crippen molar-refractivity contribution in [1.29, 1.82) is 0 Å². The highest BCUT2D eigenvalue weighted by atomic mass is 32.1. The summed E-state index contributed by atoms with van der Waals surface area (Å²) in [7, 11) is 0. The van der Waals surface area contributed by atoms with E-state index >= 15 is 0 Å². The molecule has 4 nitrogen and oxygen atoms in total. The molecule has 0 amide bonds. The third-order valence-electron chi connectivity index (χ3n) is 2.52. The van der Waals surface area contributed by atoms with Gasteiger partial charge >= 0.3 is 0 Å². The largest absolute Gasteiger partial charge is 0.383 e. The number of fused-ring (bicyclic) bond motifs is 1. The normalized spacial score (nSPS) is 11.1. The van der Waals surface area contributed by atoms with Gasteiger partial charge in [0.15, 0.2) is 4.96 Å². The zero-order valence-corrected chi connectivity index (χ0v) is 9.53. The lowest BCUT2D eigenvalue weighted by molar-refractivity contribution is 1.14. The number of hydrogen-bond acceptors (Lipinski definition) is 4. The Bertz CT molecular complexity index is 639. The number of nitrogens with two attached hydrogens (primary N) is 1. The van der Waals surface area contributed by atoms with Gasteiger partial charge in [0.1, 0.15) is 11.5 Å². The molecule has 0 saturated heterocycles. The molecule has 0 radical (unpaired) electrons. The lowest BCUT2D eigenvalue weighted by atomic mass is 10.2. The van der Waals surface area contributed by atoms with E-state index in [0.717, 1.165) is 21.9 Å². The first-order chi connectivity index (χ1) is 7.77. The quantitative estimate of drug-likeness (QED) is 0.698. The molecule has 80 valence electrons. The lowest BCUT2D eigenvalue weighted by Gasteiger charge is -1.98. The summed E-state index contributed by atoms with van der Waals surface area (Å²) < 4.78 is 1.97. The maximum atomic E-state index is 6.10. The Morgan fingerprint density at radius 1 is 1.31 bits per heavy atom. The highest BCUT2D eigenvalue weighted by Crippen LogP contribution is 2.29. The van der Waals surface area contributed by atoms with Crippen LogP contribution in [0.15, 0.2) is 29.9 Å². The van der Waals surface area contributed by atoms with Crippen LogP contribution in [0.5, 0.6) is 0 Å². The molecule has 3 aromatic heterocycles. The molecule has 16 heavy (non-hydrogen) atoms. The molecule has 0 spiro atoms. The van der Waals surface area contributed by atoms with Crippen molar-refractivity contribution in [2.24, 2.45) is 0 Å². The number of aryl methyl sites for hydroxylation is 1. The number of anilines is 1. The summed E-state index contributed by atoms with van der Waals surface area (Å²) in [5, 5.41) is 2.05. The minimum atomic E-state index is 0.694. The van der Waals surface area contributed by atoms with Gasteiger partial charge in [0.05, 0.1) is 0 Å². The number of nitrogen functional groups attached to an aromatic ring is 1. The standard InChI is InChI=1S/C11H10N4S/c1-7-6-16-11-14-9(10(12)15(7)11)8-2-4-13-5-3-8/h2-6H,12H2,1H3. The molecule has 3 rings (SSSR count). The fourth-order valence-electron chi connectivity index (χ4n) is 1.74. The van der Waals surface area contributed by atoms with Crippen LogP contribution < -0.4 is 5.73 Å². The highest BCUT2D eigenvalue weighted by Gasteiger charge is 2.13. The molecular weight excluding hydrogens is 220 g/mol. The molecule has 0 aliphatic heterocycles. The summed E-state index contributed by atoms with van der Waals surface area (Å²) in [6.07, 6.45) is 3.49. The van der Waals surface area contributed by atoms with Crippen molar-refractivity contribution in [3.05, 3.63) is 35.6 Å². The van der Waals surface area contributed by atoms with E-state index in [-0.39, 0.29) is 0 Å². The van der Waals surface area contributed by atoms with E-state index in [2.05, 4.69) is 15.3 Å². The van der Waals surface area contributed by atoms with Crippen LogP contribution in [0.3, 0.4) is 0 Å².